The molecule has 2 rings (SSSR count). The predicted molar refractivity (Wildman–Crippen MR) is 53.7 cm³/mol. The standard InChI is InChI=1S/C11H12N2O/c14-11(7-10-4-2-6-13-10)9-3-1-5-12-8-9/h1-6,8,11,13-14H,7H2. The number of rotatable bonds is 3. The van der Waals surface area contributed by atoms with Crippen molar-refractivity contribution in [3.05, 3.63) is 54.1 Å². The number of aliphatic hydroxyl groups is 1. The zero-order valence-electron chi connectivity index (χ0n) is 7.72. The summed E-state index contributed by atoms with van der Waals surface area (Å²) in [4.78, 5) is 7.02. The summed E-state index contributed by atoms with van der Waals surface area (Å²) in [7, 11) is 0. The molecule has 0 spiro atoms. The number of hydrogen-bond donors (Lipinski definition) is 2. The van der Waals surface area contributed by atoms with Gasteiger partial charge in [0.2, 0.25) is 0 Å². The minimum Gasteiger partial charge on any atom is -0.388 e. The summed E-state index contributed by atoms with van der Waals surface area (Å²) in [6.07, 6.45) is 5.35. The van der Waals surface area contributed by atoms with E-state index in [1.807, 2.05) is 30.5 Å². The van der Waals surface area contributed by atoms with Crippen LogP contribution in [-0.4, -0.2) is 15.1 Å². The van der Waals surface area contributed by atoms with E-state index in [1.165, 1.54) is 0 Å². The zero-order valence-corrected chi connectivity index (χ0v) is 7.72. The highest BCUT2D eigenvalue weighted by atomic mass is 16.3. The summed E-state index contributed by atoms with van der Waals surface area (Å²) in [5, 5.41) is 9.83. The van der Waals surface area contributed by atoms with Crippen LogP contribution in [0, 0.1) is 0 Å². The molecule has 1 atom stereocenters. The van der Waals surface area contributed by atoms with Crippen molar-refractivity contribution in [3.63, 3.8) is 0 Å². The van der Waals surface area contributed by atoms with Gasteiger partial charge in [0, 0.05) is 30.7 Å². The van der Waals surface area contributed by atoms with E-state index in [4.69, 9.17) is 0 Å². The molecule has 0 saturated carbocycles. The molecule has 0 aliphatic heterocycles. The van der Waals surface area contributed by atoms with Crippen molar-refractivity contribution >= 4 is 0 Å². The Kier molecular flexibility index (Phi) is 2.60. The number of aliphatic hydroxyl groups excluding tert-OH is 1. The quantitative estimate of drug-likeness (QED) is 0.770. The van der Waals surface area contributed by atoms with Crippen molar-refractivity contribution in [1.82, 2.24) is 9.97 Å². The summed E-state index contributed by atoms with van der Waals surface area (Å²) in [6.45, 7) is 0. The summed E-state index contributed by atoms with van der Waals surface area (Å²) >= 11 is 0. The van der Waals surface area contributed by atoms with Gasteiger partial charge in [0.25, 0.3) is 0 Å². The zero-order chi connectivity index (χ0) is 9.80. The summed E-state index contributed by atoms with van der Waals surface area (Å²) < 4.78 is 0. The molecule has 2 heterocycles. The number of nitrogens with one attached hydrogen (secondary N) is 1. The Balaban J connectivity index is 2.07. The normalized spacial score (nSPS) is 12.6. The van der Waals surface area contributed by atoms with E-state index >= 15 is 0 Å². The molecule has 0 aromatic carbocycles. The molecule has 0 fully saturated rings. The summed E-state index contributed by atoms with van der Waals surface area (Å²) in [5.74, 6) is 0. The van der Waals surface area contributed by atoms with Crippen LogP contribution in [0.5, 0.6) is 0 Å². The minimum absolute atomic E-state index is 0.484. The lowest BCUT2D eigenvalue weighted by Crippen LogP contribution is -2.02. The van der Waals surface area contributed by atoms with Gasteiger partial charge in [0.05, 0.1) is 6.10 Å². The van der Waals surface area contributed by atoms with Crippen molar-refractivity contribution in [2.45, 2.75) is 12.5 Å². The molecule has 1 unspecified atom stereocenters. The Morgan fingerprint density at radius 2 is 2.29 bits per heavy atom. The third kappa shape index (κ3) is 2.00. The highest BCUT2D eigenvalue weighted by molar-refractivity contribution is 5.15. The Labute approximate surface area is 82.4 Å². The van der Waals surface area contributed by atoms with Gasteiger partial charge in [-0.05, 0) is 23.8 Å². The first-order valence-corrected chi connectivity index (χ1v) is 4.56. The van der Waals surface area contributed by atoms with Gasteiger partial charge in [-0.15, -0.1) is 0 Å². The summed E-state index contributed by atoms with van der Waals surface area (Å²) in [6, 6.07) is 7.58. The molecule has 2 aromatic rings. The molecule has 2 N–H and O–H groups in total. The van der Waals surface area contributed by atoms with E-state index in [0.717, 1.165) is 11.3 Å². The Bertz CT molecular complexity index is 369. The first-order chi connectivity index (χ1) is 6.86. The lowest BCUT2D eigenvalue weighted by molar-refractivity contribution is 0.177. The van der Waals surface area contributed by atoms with Crippen LogP contribution in [0.4, 0.5) is 0 Å². The van der Waals surface area contributed by atoms with Gasteiger partial charge >= 0.3 is 0 Å². The van der Waals surface area contributed by atoms with Crippen LogP contribution in [0.15, 0.2) is 42.9 Å². The van der Waals surface area contributed by atoms with Crippen molar-refractivity contribution in [2.24, 2.45) is 0 Å². The molecule has 0 radical (unpaired) electrons. The molecule has 3 nitrogen and oxygen atoms in total. The molecule has 0 amide bonds. The average molecular weight is 188 g/mol. The van der Waals surface area contributed by atoms with E-state index in [0.29, 0.717) is 6.42 Å². The predicted octanol–water partition coefficient (Wildman–Crippen LogP) is 1.69. The number of pyridine rings is 1. The highest BCUT2D eigenvalue weighted by Gasteiger charge is 2.08. The van der Waals surface area contributed by atoms with Crippen molar-refractivity contribution in [3.8, 4) is 0 Å². The number of hydrogen-bond acceptors (Lipinski definition) is 2. The molecule has 2 aromatic heterocycles. The fourth-order valence-corrected chi connectivity index (χ4v) is 1.39. The molecule has 0 saturated heterocycles. The van der Waals surface area contributed by atoms with Crippen molar-refractivity contribution in [2.75, 3.05) is 0 Å². The van der Waals surface area contributed by atoms with E-state index in [2.05, 4.69) is 9.97 Å². The first-order valence-electron chi connectivity index (χ1n) is 4.56. The van der Waals surface area contributed by atoms with Crippen LogP contribution in [0.1, 0.15) is 17.4 Å². The maximum atomic E-state index is 9.83. The van der Waals surface area contributed by atoms with Gasteiger partial charge in [-0.3, -0.25) is 4.98 Å². The molecular weight excluding hydrogens is 176 g/mol. The van der Waals surface area contributed by atoms with Gasteiger partial charge in [0.15, 0.2) is 0 Å². The van der Waals surface area contributed by atoms with Crippen LogP contribution in [0.2, 0.25) is 0 Å². The third-order valence-corrected chi connectivity index (χ3v) is 2.14. The van der Waals surface area contributed by atoms with Gasteiger partial charge in [0.1, 0.15) is 0 Å². The molecule has 0 bridgehead atoms. The van der Waals surface area contributed by atoms with Crippen LogP contribution in [-0.2, 0) is 6.42 Å². The lowest BCUT2D eigenvalue weighted by Gasteiger charge is -2.08. The van der Waals surface area contributed by atoms with E-state index in [-0.39, 0.29) is 0 Å². The Hall–Kier alpha value is -1.61. The smallest absolute Gasteiger partial charge is 0.0859 e. The number of aromatic amines is 1. The highest BCUT2D eigenvalue weighted by Crippen LogP contribution is 2.15. The lowest BCUT2D eigenvalue weighted by atomic mass is 10.1. The topological polar surface area (TPSA) is 48.9 Å². The SMILES string of the molecule is OC(Cc1ccc[nH]1)c1cccnc1. The van der Waals surface area contributed by atoms with Gasteiger partial charge in [-0.2, -0.15) is 0 Å². The van der Waals surface area contributed by atoms with Crippen LogP contribution in [0.3, 0.4) is 0 Å². The Morgan fingerprint density at radius 1 is 1.36 bits per heavy atom. The minimum atomic E-state index is -0.484. The van der Waals surface area contributed by atoms with Crippen LogP contribution in [0.25, 0.3) is 0 Å². The fraction of sp³-hybridized carbons (Fsp3) is 0.182. The Morgan fingerprint density at radius 3 is 2.93 bits per heavy atom. The largest absolute Gasteiger partial charge is 0.388 e. The second-order valence-corrected chi connectivity index (χ2v) is 3.20. The first kappa shape index (κ1) is 8.97. The van der Waals surface area contributed by atoms with E-state index < -0.39 is 6.10 Å². The molecular formula is C11H12N2O. The fourth-order valence-electron chi connectivity index (χ4n) is 1.39. The average Bonchev–Trinajstić information content (AvgIpc) is 2.72. The number of H-pyrrole nitrogens is 1. The molecule has 0 aliphatic carbocycles. The molecule has 0 aliphatic rings. The number of aromatic nitrogens is 2. The second kappa shape index (κ2) is 4.07. The maximum absolute atomic E-state index is 9.83. The second-order valence-electron chi connectivity index (χ2n) is 3.20. The van der Waals surface area contributed by atoms with Crippen molar-refractivity contribution in [1.29, 1.82) is 0 Å². The van der Waals surface area contributed by atoms with Crippen LogP contribution < -0.4 is 0 Å². The molecule has 72 valence electrons. The number of nitrogens with zero attached hydrogens (tertiary/aromatic N) is 1. The summed E-state index contributed by atoms with van der Waals surface area (Å²) in [5.41, 5.74) is 1.88. The van der Waals surface area contributed by atoms with E-state index in [9.17, 15) is 5.11 Å². The van der Waals surface area contributed by atoms with Crippen molar-refractivity contribution < 1.29 is 5.11 Å². The van der Waals surface area contributed by atoms with Gasteiger partial charge in [-0.25, -0.2) is 0 Å². The monoisotopic (exact) mass is 188 g/mol. The van der Waals surface area contributed by atoms with Gasteiger partial charge in [-0.1, -0.05) is 6.07 Å². The maximum Gasteiger partial charge on any atom is 0.0859 e. The molecule has 3 heteroatoms. The molecule has 14 heavy (non-hydrogen) atoms. The van der Waals surface area contributed by atoms with Crippen LogP contribution >= 0.6 is 0 Å². The van der Waals surface area contributed by atoms with Gasteiger partial charge < -0.3 is 10.1 Å². The van der Waals surface area contributed by atoms with E-state index in [1.54, 1.807) is 12.4 Å². The third-order valence-electron chi connectivity index (χ3n) is 2.14.